The van der Waals surface area contributed by atoms with Gasteiger partial charge in [0.15, 0.2) is 6.10 Å². The number of ether oxygens (including phenoxy) is 1. The second-order valence-electron chi connectivity index (χ2n) is 5.22. The van der Waals surface area contributed by atoms with Crippen LogP contribution in [0.2, 0.25) is 0 Å². The summed E-state index contributed by atoms with van der Waals surface area (Å²) in [6.45, 7) is 3.29. The summed E-state index contributed by atoms with van der Waals surface area (Å²) in [5.74, 6) is 0.104. The Bertz CT molecular complexity index is 512. The van der Waals surface area contributed by atoms with Gasteiger partial charge in [-0.3, -0.25) is 4.79 Å². The van der Waals surface area contributed by atoms with Crippen molar-refractivity contribution in [1.82, 2.24) is 10.2 Å². The molecule has 0 aromatic heterocycles. The summed E-state index contributed by atoms with van der Waals surface area (Å²) in [5, 5.41) is 3.11. The van der Waals surface area contributed by atoms with Crippen molar-refractivity contribution in [2.24, 2.45) is 0 Å². The lowest BCUT2D eigenvalue weighted by atomic mass is 10.2. The van der Waals surface area contributed by atoms with Crippen molar-refractivity contribution in [2.45, 2.75) is 31.9 Å². The molecule has 6 heteroatoms. The number of halogens is 2. The van der Waals surface area contributed by atoms with E-state index >= 15 is 0 Å². The van der Waals surface area contributed by atoms with E-state index in [1.54, 1.807) is 6.92 Å². The van der Waals surface area contributed by atoms with Gasteiger partial charge in [-0.15, -0.1) is 0 Å². The van der Waals surface area contributed by atoms with E-state index in [0.717, 1.165) is 25.9 Å². The van der Waals surface area contributed by atoms with Crippen LogP contribution in [0.4, 0.5) is 4.39 Å². The smallest absolute Gasteiger partial charge is 0.263 e. The van der Waals surface area contributed by atoms with Crippen molar-refractivity contribution in [3.05, 3.63) is 28.5 Å². The zero-order valence-corrected chi connectivity index (χ0v) is 13.8. The van der Waals surface area contributed by atoms with Gasteiger partial charge < -0.3 is 15.0 Å². The average Bonchev–Trinajstić information content (AvgIpc) is 2.89. The van der Waals surface area contributed by atoms with E-state index in [2.05, 4.69) is 21.2 Å². The SMILES string of the molecule is CNC[C@H]1CCCN1C(=O)[C@H](C)Oc1ccc(F)cc1Br. The van der Waals surface area contributed by atoms with Gasteiger partial charge in [0.05, 0.1) is 4.47 Å². The van der Waals surface area contributed by atoms with Crippen molar-refractivity contribution in [3.63, 3.8) is 0 Å². The van der Waals surface area contributed by atoms with Gasteiger partial charge in [0, 0.05) is 19.1 Å². The highest BCUT2D eigenvalue weighted by Crippen LogP contribution is 2.27. The number of rotatable bonds is 5. The third-order valence-corrected chi connectivity index (χ3v) is 4.27. The number of benzene rings is 1. The minimum atomic E-state index is -0.593. The number of hydrogen-bond acceptors (Lipinski definition) is 3. The Kier molecular flexibility index (Phi) is 5.58. The maximum atomic E-state index is 13.1. The topological polar surface area (TPSA) is 41.6 Å². The van der Waals surface area contributed by atoms with Crippen LogP contribution in [0.1, 0.15) is 19.8 Å². The number of likely N-dealkylation sites (tertiary alicyclic amines) is 1. The van der Waals surface area contributed by atoms with Gasteiger partial charge in [0.1, 0.15) is 11.6 Å². The zero-order valence-electron chi connectivity index (χ0n) is 12.2. The molecular weight excluding hydrogens is 339 g/mol. The standard InChI is InChI=1S/C15H20BrFN2O2/c1-10(21-14-6-5-11(17)8-13(14)16)15(20)19-7-3-4-12(19)9-18-2/h5-6,8,10,12,18H,3-4,7,9H2,1-2H3/t10-,12+/m0/s1. The molecule has 0 saturated carbocycles. The Labute approximate surface area is 132 Å². The molecule has 1 N–H and O–H groups in total. The Morgan fingerprint density at radius 3 is 3.05 bits per heavy atom. The normalized spacial score (nSPS) is 19.6. The van der Waals surface area contributed by atoms with Crippen LogP contribution in [-0.2, 0) is 4.79 Å². The van der Waals surface area contributed by atoms with Gasteiger partial charge in [-0.2, -0.15) is 0 Å². The van der Waals surface area contributed by atoms with Gasteiger partial charge >= 0.3 is 0 Å². The third kappa shape index (κ3) is 3.95. The number of amides is 1. The molecule has 1 amide bonds. The van der Waals surface area contributed by atoms with Crippen LogP contribution in [-0.4, -0.2) is 43.1 Å². The molecule has 1 aliphatic heterocycles. The number of carbonyl (C=O) groups excluding carboxylic acids is 1. The van der Waals surface area contributed by atoms with Gasteiger partial charge in [-0.1, -0.05) is 0 Å². The number of nitrogens with one attached hydrogen (secondary N) is 1. The molecule has 21 heavy (non-hydrogen) atoms. The average molecular weight is 359 g/mol. The molecule has 2 atom stereocenters. The van der Waals surface area contributed by atoms with Crippen LogP contribution in [0, 0.1) is 5.82 Å². The van der Waals surface area contributed by atoms with E-state index in [9.17, 15) is 9.18 Å². The van der Waals surface area contributed by atoms with Crippen molar-refractivity contribution < 1.29 is 13.9 Å². The van der Waals surface area contributed by atoms with Crippen LogP contribution < -0.4 is 10.1 Å². The molecule has 116 valence electrons. The van der Waals surface area contributed by atoms with E-state index in [4.69, 9.17) is 4.74 Å². The summed E-state index contributed by atoms with van der Waals surface area (Å²) in [6, 6.07) is 4.40. The predicted octanol–water partition coefficient (Wildman–Crippen LogP) is 2.57. The zero-order chi connectivity index (χ0) is 15.4. The molecule has 0 unspecified atom stereocenters. The number of hydrogen-bond donors (Lipinski definition) is 1. The second kappa shape index (κ2) is 7.22. The summed E-state index contributed by atoms with van der Waals surface area (Å²) in [4.78, 5) is 14.4. The summed E-state index contributed by atoms with van der Waals surface area (Å²) < 4.78 is 19.2. The summed E-state index contributed by atoms with van der Waals surface area (Å²) in [7, 11) is 1.89. The van der Waals surface area contributed by atoms with Gasteiger partial charge in [-0.05, 0) is 60.9 Å². The lowest BCUT2D eigenvalue weighted by Crippen LogP contribution is -2.46. The first-order valence-corrected chi connectivity index (χ1v) is 7.89. The first-order chi connectivity index (χ1) is 10.0. The van der Waals surface area contributed by atoms with Gasteiger partial charge in [-0.25, -0.2) is 4.39 Å². The van der Waals surface area contributed by atoms with E-state index < -0.39 is 6.10 Å². The number of carbonyl (C=O) groups is 1. The quantitative estimate of drug-likeness (QED) is 0.879. The molecule has 0 aliphatic carbocycles. The number of likely N-dealkylation sites (N-methyl/N-ethyl adjacent to an activating group) is 1. The summed E-state index contributed by atoms with van der Waals surface area (Å²) >= 11 is 3.25. The molecule has 4 nitrogen and oxygen atoms in total. The fourth-order valence-electron chi connectivity index (χ4n) is 2.62. The van der Waals surface area contributed by atoms with Crippen molar-refractivity contribution in [3.8, 4) is 5.75 Å². The Morgan fingerprint density at radius 2 is 2.38 bits per heavy atom. The summed E-state index contributed by atoms with van der Waals surface area (Å²) in [5.41, 5.74) is 0. The molecule has 1 aliphatic rings. The van der Waals surface area contributed by atoms with Crippen LogP contribution in [0.15, 0.2) is 22.7 Å². The molecule has 1 aromatic rings. The molecule has 2 rings (SSSR count). The van der Waals surface area contributed by atoms with E-state index in [1.807, 2.05) is 11.9 Å². The molecular formula is C15H20BrFN2O2. The molecule has 1 heterocycles. The maximum Gasteiger partial charge on any atom is 0.263 e. The highest BCUT2D eigenvalue weighted by molar-refractivity contribution is 9.10. The summed E-state index contributed by atoms with van der Waals surface area (Å²) in [6.07, 6.45) is 1.44. The Hall–Kier alpha value is -1.14. The minimum Gasteiger partial charge on any atom is -0.480 e. The Morgan fingerprint density at radius 1 is 1.62 bits per heavy atom. The third-order valence-electron chi connectivity index (χ3n) is 3.65. The molecule has 0 radical (unpaired) electrons. The number of nitrogens with zero attached hydrogens (tertiary/aromatic N) is 1. The highest BCUT2D eigenvalue weighted by Gasteiger charge is 2.31. The molecule has 1 fully saturated rings. The van der Waals surface area contributed by atoms with Crippen molar-refractivity contribution in [2.75, 3.05) is 20.1 Å². The van der Waals surface area contributed by atoms with Crippen LogP contribution in [0.3, 0.4) is 0 Å². The predicted molar refractivity (Wildman–Crippen MR) is 82.9 cm³/mol. The monoisotopic (exact) mass is 358 g/mol. The molecule has 1 saturated heterocycles. The maximum absolute atomic E-state index is 13.1. The second-order valence-corrected chi connectivity index (χ2v) is 6.07. The highest BCUT2D eigenvalue weighted by atomic mass is 79.9. The van der Waals surface area contributed by atoms with E-state index in [-0.39, 0.29) is 17.8 Å². The van der Waals surface area contributed by atoms with Crippen LogP contribution in [0.5, 0.6) is 5.75 Å². The van der Waals surface area contributed by atoms with Crippen LogP contribution in [0.25, 0.3) is 0 Å². The van der Waals surface area contributed by atoms with Crippen molar-refractivity contribution >= 4 is 21.8 Å². The van der Waals surface area contributed by atoms with E-state index in [1.165, 1.54) is 18.2 Å². The van der Waals surface area contributed by atoms with Crippen molar-refractivity contribution in [1.29, 1.82) is 0 Å². The lowest BCUT2D eigenvalue weighted by molar-refractivity contribution is -0.138. The Balaban J connectivity index is 2.02. The largest absolute Gasteiger partial charge is 0.480 e. The molecule has 0 spiro atoms. The minimum absolute atomic E-state index is 0.0241. The molecule has 0 bridgehead atoms. The fourth-order valence-corrected chi connectivity index (χ4v) is 3.06. The molecule has 1 aromatic carbocycles. The van der Waals surface area contributed by atoms with Gasteiger partial charge in [0.2, 0.25) is 0 Å². The van der Waals surface area contributed by atoms with E-state index in [0.29, 0.717) is 10.2 Å². The first kappa shape index (κ1) is 16.2. The van der Waals surface area contributed by atoms with Gasteiger partial charge in [0.25, 0.3) is 5.91 Å². The van der Waals surface area contributed by atoms with Crippen LogP contribution >= 0.6 is 15.9 Å². The lowest BCUT2D eigenvalue weighted by Gasteiger charge is -2.27. The fraction of sp³-hybridized carbons (Fsp3) is 0.533. The first-order valence-electron chi connectivity index (χ1n) is 7.09.